The van der Waals surface area contributed by atoms with E-state index in [4.69, 9.17) is 0 Å². The molecule has 0 heterocycles. The zero-order valence-electron chi connectivity index (χ0n) is 9.07. The molecule has 2 rings (SSSR count). The summed E-state index contributed by atoms with van der Waals surface area (Å²) in [6, 6.07) is 6.74. The Labute approximate surface area is 94.8 Å². The molecule has 1 atom stereocenters. The van der Waals surface area contributed by atoms with Crippen LogP contribution < -0.4 is 5.32 Å². The molecule has 86 valence electrons. The summed E-state index contributed by atoms with van der Waals surface area (Å²) in [6.07, 6.45) is 5.44. The molecular weight excluding hydrogens is 205 g/mol. The Morgan fingerprint density at radius 2 is 2.00 bits per heavy atom. The number of benzene rings is 1. The summed E-state index contributed by atoms with van der Waals surface area (Å²) in [6.45, 7) is 0.396. The van der Waals surface area contributed by atoms with E-state index in [1.165, 1.54) is 6.07 Å². The van der Waals surface area contributed by atoms with Gasteiger partial charge >= 0.3 is 0 Å². The number of rotatable bonds is 4. The van der Waals surface area contributed by atoms with E-state index in [0.717, 1.165) is 12.8 Å². The highest BCUT2D eigenvalue weighted by Gasteiger charge is 2.15. The van der Waals surface area contributed by atoms with E-state index >= 15 is 0 Å². The van der Waals surface area contributed by atoms with Crippen LogP contribution >= 0.6 is 0 Å². The van der Waals surface area contributed by atoms with Gasteiger partial charge in [-0.25, -0.2) is 4.39 Å². The van der Waals surface area contributed by atoms with Gasteiger partial charge in [-0.1, -0.05) is 30.4 Å². The van der Waals surface area contributed by atoms with Crippen molar-refractivity contribution in [1.82, 2.24) is 5.32 Å². The van der Waals surface area contributed by atoms with E-state index in [1.54, 1.807) is 18.2 Å². The van der Waals surface area contributed by atoms with Crippen LogP contribution in [0.15, 0.2) is 36.4 Å². The van der Waals surface area contributed by atoms with Crippen molar-refractivity contribution in [2.24, 2.45) is 0 Å². The lowest BCUT2D eigenvalue weighted by atomic mass is 10.1. The predicted octanol–water partition coefficient (Wildman–Crippen LogP) is 2.17. The van der Waals surface area contributed by atoms with Crippen molar-refractivity contribution in [3.8, 4) is 0 Å². The normalized spacial score (nSPS) is 17.9. The van der Waals surface area contributed by atoms with Gasteiger partial charge in [-0.3, -0.25) is 0 Å². The van der Waals surface area contributed by atoms with Crippen molar-refractivity contribution in [3.05, 3.63) is 47.8 Å². The van der Waals surface area contributed by atoms with Gasteiger partial charge in [0.2, 0.25) is 0 Å². The first-order chi connectivity index (χ1) is 7.77. The third-order valence-corrected chi connectivity index (χ3v) is 2.87. The summed E-state index contributed by atoms with van der Waals surface area (Å²) in [7, 11) is 0. The molecule has 0 aliphatic heterocycles. The van der Waals surface area contributed by atoms with E-state index in [9.17, 15) is 9.50 Å². The fourth-order valence-corrected chi connectivity index (χ4v) is 1.92. The van der Waals surface area contributed by atoms with Crippen molar-refractivity contribution in [2.45, 2.75) is 25.0 Å². The van der Waals surface area contributed by atoms with Crippen LogP contribution in [0, 0.1) is 5.82 Å². The van der Waals surface area contributed by atoms with Crippen LogP contribution in [0.25, 0.3) is 0 Å². The lowest BCUT2D eigenvalue weighted by Gasteiger charge is -2.16. The van der Waals surface area contributed by atoms with Crippen molar-refractivity contribution in [3.63, 3.8) is 0 Å². The molecule has 0 saturated heterocycles. The molecule has 1 aliphatic rings. The molecule has 0 amide bonds. The monoisotopic (exact) mass is 221 g/mol. The first kappa shape index (κ1) is 11.3. The highest BCUT2D eigenvalue weighted by Crippen LogP contribution is 2.17. The molecule has 16 heavy (non-hydrogen) atoms. The average Bonchev–Trinajstić information content (AvgIpc) is 2.79. The van der Waals surface area contributed by atoms with Gasteiger partial charge in [-0.2, -0.15) is 0 Å². The summed E-state index contributed by atoms with van der Waals surface area (Å²) in [5, 5.41) is 13.1. The largest absolute Gasteiger partial charge is 0.387 e. The zero-order chi connectivity index (χ0) is 11.4. The maximum absolute atomic E-state index is 13.3. The van der Waals surface area contributed by atoms with Crippen molar-refractivity contribution in [1.29, 1.82) is 0 Å². The van der Waals surface area contributed by atoms with Gasteiger partial charge in [0.1, 0.15) is 5.82 Å². The van der Waals surface area contributed by atoms with Crippen molar-refractivity contribution >= 4 is 0 Å². The van der Waals surface area contributed by atoms with E-state index in [2.05, 4.69) is 17.5 Å². The minimum Gasteiger partial charge on any atom is -0.387 e. The number of aliphatic hydroxyl groups is 1. The minimum absolute atomic E-state index is 0.346. The van der Waals surface area contributed by atoms with Gasteiger partial charge in [0.15, 0.2) is 0 Å². The second kappa shape index (κ2) is 5.23. The Bertz CT molecular complexity index is 370. The molecule has 0 spiro atoms. The van der Waals surface area contributed by atoms with E-state index in [1.807, 2.05) is 0 Å². The summed E-state index contributed by atoms with van der Waals surface area (Å²) in [4.78, 5) is 0. The summed E-state index contributed by atoms with van der Waals surface area (Å²) in [5.41, 5.74) is 0.362. The molecule has 2 N–H and O–H groups in total. The topological polar surface area (TPSA) is 32.3 Å². The van der Waals surface area contributed by atoms with Crippen LogP contribution in [0.1, 0.15) is 24.5 Å². The van der Waals surface area contributed by atoms with Crippen LogP contribution in [-0.2, 0) is 0 Å². The van der Waals surface area contributed by atoms with Crippen molar-refractivity contribution in [2.75, 3.05) is 6.54 Å². The second-order valence-corrected chi connectivity index (χ2v) is 4.09. The minimum atomic E-state index is -0.776. The predicted molar refractivity (Wildman–Crippen MR) is 61.5 cm³/mol. The molecule has 1 unspecified atom stereocenters. The standard InChI is InChI=1S/C13H16FNO/c14-12-8-4-3-7-11(12)13(16)9-15-10-5-1-2-6-10/h1-4,7-8,10,13,15-16H,5-6,9H2. The Kier molecular flexibility index (Phi) is 3.70. The molecule has 0 radical (unpaired) electrons. The summed E-state index contributed by atoms with van der Waals surface area (Å²) >= 11 is 0. The Morgan fingerprint density at radius 3 is 2.69 bits per heavy atom. The fourth-order valence-electron chi connectivity index (χ4n) is 1.92. The molecule has 1 aromatic rings. The number of aliphatic hydroxyl groups excluding tert-OH is 1. The van der Waals surface area contributed by atoms with Gasteiger partial charge in [0.05, 0.1) is 6.10 Å². The molecule has 0 aromatic heterocycles. The highest BCUT2D eigenvalue weighted by molar-refractivity contribution is 5.20. The first-order valence-corrected chi connectivity index (χ1v) is 5.58. The van der Waals surface area contributed by atoms with E-state index in [-0.39, 0.29) is 5.82 Å². The van der Waals surface area contributed by atoms with E-state index in [0.29, 0.717) is 18.2 Å². The lowest BCUT2D eigenvalue weighted by molar-refractivity contribution is 0.166. The van der Waals surface area contributed by atoms with Gasteiger partial charge in [-0.05, 0) is 18.9 Å². The number of halogens is 1. The maximum atomic E-state index is 13.3. The van der Waals surface area contributed by atoms with Crippen LogP contribution in [-0.4, -0.2) is 17.7 Å². The Balaban J connectivity index is 1.88. The number of hydrogen-bond acceptors (Lipinski definition) is 2. The molecule has 0 fully saturated rings. The molecule has 1 aromatic carbocycles. The first-order valence-electron chi connectivity index (χ1n) is 5.58. The van der Waals surface area contributed by atoms with Crippen LogP contribution in [0.2, 0.25) is 0 Å². The molecule has 3 heteroatoms. The van der Waals surface area contributed by atoms with Crippen LogP contribution in [0.3, 0.4) is 0 Å². The fraction of sp³-hybridized carbons (Fsp3) is 0.385. The summed E-state index contributed by atoms with van der Waals surface area (Å²) in [5.74, 6) is -0.346. The average molecular weight is 221 g/mol. The smallest absolute Gasteiger partial charge is 0.129 e. The van der Waals surface area contributed by atoms with Crippen molar-refractivity contribution < 1.29 is 9.50 Å². The molecule has 2 nitrogen and oxygen atoms in total. The summed E-state index contributed by atoms with van der Waals surface area (Å²) < 4.78 is 13.3. The molecule has 0 saturated carbocycles. The highest BCUT2D eigenvalue weighted by atomic mass is 19.1. The molecular formula is C13H16FNO. The Morgan fingerprint density at radius 1 is 1.31 bits per heavy atom. The van der Waals surface area contributed by atoms with Crippen LogP contribution in [0.5, 0.6) is 0 Å². The number of nitrogens with one attached hydrogen (secondary N) is 1. The second-order valence-electron chi connectivity index (χ2n) is 4.09. The molecule has 0 bridgehead atoms. The quantitative estimate of drug-likeness (QED) is 0.764. The number of hydrogen-bond donors (Lipinski definition) is 2. The SMILES string of the molecule is OC(CNC1CC=CC1)c1ccccc1F. The molecule has 1 aliphatic carbocycles. The van der Waals surface area contributed by atoms with Gasteiger partial charge in [-0.15, -0.1) is 0 Å². The Hall–Kier alpha value is -1.19. The lowest BCUT2D eigenvalue weighted by Crippen LogP contribution is -2.30. The maximum Gasteiger partial charge on any atom is 0.129 e. The third kappa shape index (κ3) is 2.68. The van der Waals surface area contributed by atoms with Crippen LogP contribution in [0.4, 0.5) is 4.39 Å². The van der Waals surface area contributed by atoms with Gasteiger partial charge in [0, 0.05) is 18.2 Å². The van der Waals surface area contributed by atoms with Gasteiger partial charge < -0.3 is 10.4 Å². The van der Waals surface area contributed by atoms with Gasteiger partial charge in [0.25, 0.3) is 0 Å². The zero-order valence-corrected chi connectivity index (χ0v) is 9.07. The van der Waals surface area contributed by atoms with E-state index < -0.39 is 6.10 Å². The third-order valence-electron chi connectivity index (χ3n) is 2.87.